The predicted octanol–water partition coefficient (Wildman–Crippen LogP) is 7.77. The molecule has 218 valence electrons. The topological polar surface area (TPSA) is 84.5 Å². The highest BCUT2D eigenvalue weighted by atomic mass is 16.5. The van der Waals surface area contributed by atoms with E-state index in [2.05, 4.69) is 24.5 Å². The summed E-state index contributed by atoms with van der Waals surface area (Å²) in [4.78, 5) is 36.4. The van der Waals surface area contributed by atoms with E-state index in [0.717, 1.165) is 38.5 Å². The highest BCUT2D eigenvalue weighted by molar-refractivity contribution is 5.84. The number of hydrogen-bond donors (Lipinski definition) is 2. The normalized spacial score (nSPS) is 11.8. The second-order valence-corrected chi connectivity index (χ2v) is 10.6. The summed E-state index contributed by atoms with van der Waals surface area (Å²) in [5.74, 6) is -0.357. The van der Waals surface area contributed by atoms with E-state index in [4.69, 9.17) is 4.74 Å². The van der Waals surface area contributed by atoms with E-state index >= 15 is 0 Å². The zero-order chi connectivity index (χ0) is 27.4. The zero-order valence-electron chi connectivity index (χ0n) is 24.7. The van der Waals surface area contributed by atoms with Gasteiger partial charge in [-0.1, -0.05) is 117 Å². The number of ether oxygens (including phenoxy) is 1. The van der Waals surface area contributed by atoms with Crippen molar-refractivity contribution in [1.29, 1.82) is 0 Å². The number of carbonyl (C=O) groups excluding carboxylic acids is 3. The first-order valence-corrected chi connectivity index (χ1v) is 15.7. The van der Waals surface area contributed by atoms with Gasteiger partial charge in [0.2, 0.25) is 11.8 Å². The molecule has 0 unspecified atom stereocenters. The van der Waals surface area contributed by atoms with Crippen molar-refractivity contribution in [3.63, 3.8) is 0 Å². The smallest absolute Gasteiger partial charge is 0.328 e. The molecule has 37 heavy (non-hydrogen) atoms. The molecule has 1 atom stereocenters. The Bertz CT molecular complexity index is 553. The largest absolute Gasteiger partial charge is 0.467 e. The van der Waals surface area contributed by atoms with Crippen molar-refractivity contribution in [3.8, 4) is 0 Å². The molecule has 0 rings (SSSR count). The Morgan fingerprint density at radius 1 is 0.568 bits per heavy atom. The van der Waals surface area contributed by atoms with Crippen molar-refractivity contribution in [1.82, 2.24) is 10.6 Å². The van der Waals surface area contributed by atoms with Gasteiger partial charge in [-0.25, -0.2) is 4.79 Å². The summed E-state index contributed by atoms with van der Waals surface area (Å²) in [5.41, 5.74) is 0. The Morgan fingerprint density at radius 2 is 1.00 bits per heavy atom. The van der Waals surface area contributed by atoms with Gasteiger partial charge >= 0.3 is 5.97 Å². The van der Waals surface area contributed by atoms with Crippen LogP contribution in [0.3, 0.4) is 0 Å². The van der Waals surface area contributed by atoms with Crippen LogP contribution in [0.2, 0.25) is 0 Å². The Kier molecular flexibility index (Phi) is 26.3. The molecule has 0 aromatic carbocycles. The van der Waals surface area contributed by atoms with Gasteiger partial charge in [0.1, 0.15) is 6.04 Å². The Balaban J connectivity index is 3.81. The molecule has 0 aliphatic heterocycles. The van der Waals surface area contributed by atoms with Gasteiger partial charge in [-0.2, -0.15) is 0 Å². The summed E-state index contributed by atoms with van der Waals surface area (Å²) in [6.45, 7) is 5.08. The molecule has 6 heteroatoms. The highest BCUT2D eigenvalue weighted by Crippen LogP contribution is 2.12. The van der Waals surface area contributed by atoms with Gasteiger partial charge in [-0.3, -0.25) is 9.59 Å². The van der Waals surface area contributed by atoms with Crippen LogP contribution in [0.25, 0.3) is 0 Å². The van der Waals surface area contributed by atoms with E-state index < -0.39 is 12.0 Å². The van der Waals surface area contributed by atoms with Gasteiger partial charge in [0.25, 0.3) is 0 Å². The van der Waals surface area contributed by atoms with Crippen molar-refractivity contribution in [2.75, 3.05) is 13.7 Å². The fourth-order valence-corrected chi connectivity index (χ4v) is 4.64. The van der Waals surface area contributed by atoms with E-state index in [0.29, 0.717) is 25.8 Å². The third-order valence-electron chi connectivity index (χ3n) is 7.08. The first-order valence-electron chi connectivity index (χ1n) is 15.7. The van der Waals surface area contributed by atoms with Crippen LogP contribution in [0.4, 0.5) is 0 Å². The number of rotatable bonds is 27. The molecule has 0 heterocycles. The summed E-state index contributed by atoms with van der Waals surface area (Å²) in [6, 6.07) is -0.603. The second kappa shape index (κ2) is 27.4. The summed E-state index contributed by atoms with van der Waals surface area (Å²) in [5, 5.41) is 5.83. The molecule has 0 spiro atoms. The lowest BCUT2D eigenvalue weighted by Gasteiger charge is -2.16. The molecule has 0 saturated carbocycles. The quantitative estimate of drug-likeness (QED) is 0.0849. The first kappa shape index (κ1) is 35.4. The molecule has 0 aliphatic carbocycles. The van der Waals surface area contributed by atoms with Gasteiger partial charge in [-0.15, -0.1) is 0 Å². The first-order chi connectivity index (χ1) is 18.0. The molecule has 6 nitrogen and oxygen atoms in total. The van der Waals surface area contributed by atoms with Crippen LogP contribution in [0.1, 0.15) is 162 Å². The molecule has 0 aromatic heterocycles. The maximum absolute atomic E-state index is 12.3. The molecule has 0 aliphatic rings. The van der Waals surface area contributed by atoms with Crippen LogP contribution in [-0.2, 0) is 19.1 Å². The number of esters is 1. The van der Waals surface area contributed by atoms with Crippen LogP contribution >= 0.6 is 0 Å². The Labute approximate surface area is 228 Å². The maximum atomic E-state index is 12.3. The number of nitrogens with one attached hydrogen (secondary N) is 2. The van der Waals surface area contributed by atoms with E-state index in [9.17, 15) is 14.4 Å². The lowest BCUT2D eigenvalue weighted by atomic mass is 10.1. The summed E-state index contributed by atoms with van der Waals surface area (Å²) in [6.07, 6.45) is 25.2. The van der Waals surface area contributed by atoms with Crippen molar-refractivity contribution in [2.45, 2.75) is 168 Å². The maximum Gasteiger partial charge on any atom is 0.328 e. The van der Waals surface area contributed by atoms with Gasteiger partial charge < -0.3 is 15.4 Å². The van der Waals surface area contributed by atoms with Gasteiger partial charge in [0.05, 0.1) is 7.11 Å². The van der Waals surface area contributed by atoms with Crippen molar-refractivity contribution >= 4 is 17.8 Å². The Morgan fingerprint density at radius 3 is 1.46 bits per heavy atom. The molecular weight excluding hydrogens is 464 g/mol. The molecule has 0 saturated heterocycles. The lowest BCUT2D eigenvalue weighted by Crippen LogP contribution is -2.41. The SMILES string of the molecule is CCCCCCCCCCCC(=O)NCCCC[C@H](NC(=O)CCCCCCCCCCC)C(=O)OC. The zero-order valence-corrected chi connectivity index (χ0v) is 24.7. The number of methoxy groups -OCH3 is 1. The van der Waals surface area contributed by atoms with Gasteiger partial charge in [-0.05, 0) is 32.1 Å². The summed E-state index contributed by atoms with van der Waals surface area (Å²) >= 11 is 0. The van der Waals surface area contributed by atoms with Crippen LogP contribution in [0.5, 0.6) is 0 Å². The minimum atomic E-state index is -0.603. The second-order valence-electron chi connectivity index (χ2n) is 10.6. The fourth-order valence-electron chi connectivity index (χ4n) is 4.64. The monoisotopic (exact) mass is 524 g/mol. The van der Waals surface area contributed by atoms with Crippen LogP contribution in [0.15, 0.2) is 0 Å². The molecule has 0 bridgehead atoms. The number of amides is 2. The third kappa shape index (κ3) is 24.5. The fraction of sp³-hybridized carbons (Fsp3) is 0.903. The minimum Gasteiger partial charge on any atom is -0.467 e. The van der Waals surface area contributed by atoms with E-state index in [1.165, 1.54) is 97.0 Å². The Hall–Kier alpha value is -1.59. The van der Waals surface area contributed by atoms with Gasteiger partial charge in [0, 0.05) is 19.4 Å². The molecule has 2 amide bonds. The van der Waals surface area contributed by atoms with Crippen LogP contribution in [0, 0.1) is 0 Å². The average Bonchev–Trinajstić information content (AvgIpc) is 2.89. The summed E-state index contributed by atoms with van der Waals surface area (Å²) < 4.78 is 4.88. The highest BCUT2D eigenvalue weighted by Gasteiger charge is 2.20. The average molecular weight is 525 g/mol. The van der Waals surface area contributed by atoms with Crippen molar-refractivity contribution in [3.05, 3.63) is 0 Å². The summed E-state index contributed by atoms with van der Waals surface area (Å²) in [7, 11) is 1.36. The molecule has 0 radical (unpaired) electrons. The standard InChI is InChI=1S/C31H60N2O4/c1-4-6-8-10-12-14-16-18-20-25-29(34)32-27-23-22-24-28(31(36)37-3)33-30(35)26-21-19-17-15-13-11-9-7-5-2/h28H,4-27H2,1-3H3,(H,32,34)(H,33,35)/t28-/m0/s1. The minimum absolute atomic E-state index is 0.0763. The molecule has 2 N–H and O–H groups in total. The van der Waals surface area contributed by atoms with Gasteiger partial charge in [0.15, 0.2) is 0 Å². The van der Waals surface area contributed by atoms with E-state index in [1.54, 1.807) is 0 Å². The number of unbranched alkanes of at least 4 members (excludes halogenated alkanes) is 17. The van der Waals surface area contributed by atoms with Crippen LogP contribution < -0.4 is 10.6 Å². The van der Waals surface area contributed by atoms with Crippen LogP contribution in [-0.4, -0.2) is 37.5 Å². The molecule has 0 aromatic rings. The lowest BCUT2D eigenvalue weighted by molar-refractivity contribution is -0.145. The number of hydrogen-bond acceptors (Lipinski definition) is 4. The van der Waals surface area contributed by atoms with Crippen molar-refractivity contribution < 1.29 is 19.1 Å². The van der Waals surface area contributed by atoms with E-state index in [1.807, 2.05) is 0 Å². The predicted molar refractivity (Wildman–Crippen MR) is 154 cm³/mol. The number of carbonyl (C=O) groups is 3. The van der Waals surface area contributed by atoms with Crippen molar-refractivity contribution in [2.24, 2.45) is 0 Å². The molecular formula is C31H60N2O4. The van der Waals surface area contributed by atoms with E-state index in [-0.39, 0.29) is 11.8 Å². The third-order valence-corrected chi connectivity index (χ3v) is 7.08. The molecule has 0 fully saturated rings.